The molecule has 3 aromatic carbocycles. The van der Waals surface area contributed by atoms with Crippen molar-refractivity contribution in [2.24, 2.45) is 0 Å². The average molecular weight is 417 g/mol. The Balaban J connectivity index is 1.33. The minimum Gasteiger partial charge on any atom is -0.455 e. The van der Waals surface area contributed by atoms with Crippen LogP contribution in [0, 0.1) is 0 Å². The fraction of sp³-hybridized carbons (Fsp3) is 0.269. The summed E-state index contributed by atoms with van der Waals surface area (Å²) >= 11 is 0. The number of hydrogen-bond donors (Lipinski definition) is 1. The summed E-state index contributed by atoms with van der Waals surface area (Å²) in [6.07, 6.45) is 0.573. The first-order valence-electron chi connectivity index (χ1n) is 10.7. The Kier molecular flexibility index (Phi) is 6.97. The van der Waals surface area contributed by atoms with E-state index in [1.165, 1.54) is 5.56 Å². The zero-order valence-electron chi connectivity index (χ0n) is 17.7. The number of carbonyl (C=O) groups excluding carboxylic acids is 1. The minimum absolute atomic E-state index is 0.0282. The molecule has 0 radical (unpaired) electrons. The lowest BCUT2D eigenvalue weighted by Crippen LogP contribution is -2.43. The van der Waals surface area contributed by atoms with E-state index in [0.29, 0.717) is 24.4 Å². The minimum atomic E-state index is -0.0282. The number of benzene rings is 3. The largest absolute Gasteiger partial charge is 0.455 e. The highest BCUT2D eigenvalue weighted by Gasteiger charge is 2.26. The van der Waals surface area contributed by atoms with Crippen molar-refractivity contribution < 1.29 is 14.3 Å². The summed E-state index contributed by atoms with van der Waals surface area (Å²) in [4.78, 5) is 15.0. The Labute approximate surface area is 183 Å². The average Bonchev–Trinajstić information content (AvgIpc) is 2.80. The lowest BCUT2D eigenvalue weighted by molar-refractivity contribution is -0.118. The summed E-state index contributed by atoms with van der Waals surface area (Å²) in [5.41, 5.74) is 1.85. The molecule has 5 nitrogen and oxygen atoms in total. The van der Waals surface area contributed by atoms with Gasteiger partial charge in [-0.3, -0.25) is 9.69 Å². The number of nitrogens with one attached hydrogen (secondary N) is 1. The van der Waals surface area contributed by atoms with Crippen molar-refractivity contribution in [2.45, 2.75) is 25.6 Å². The van der Waals surface area contributed by atoms with E-state index >= 15 is 0 Å². The van der Waals surface area contributed by atoms with Gasteiger partial charge in [0.25, 0.3) is 0 Å². The number of ether oxygens (including phenoxy) is 2. The molecule has 2 unspecified atom stereocenters. The van der Waals surface area contributed by atoms with Crippen LogP contribution in [0.25, 0.3) is 0 Å². The quantitative estimate of drug-likeness (QED) is 0.570. The zero-order valence-corrected chi connectivity index (χ0v) is 17.7. The number of nitrogens with zero attached hydrogens (tertiary/aromatic N) is 1. The van der Waals surface area contributed by atoms with Crippen LogP contribution in [0.1, 0.15) is 25.0 Å². The van der Waals surface area contributed by atoms with E-state index in [0.717, 1.165) is 18.8 Å². The smallest absolute Gasteiger partial charge is 0.225 e. The molecule has 0 bridgehead atoms. The van der Waals surface area contributed by atoms with Crippen molar-refractivity contribution in [2.75, 3.05) is 25.0 Å². The van der Waals surface area contributed by atoms with Gasteiger partial charge in [-0.15, -0.1) is 0 Å². The molecule has 0 aromatic heterocycles. The molecule has 1 aliphatic rings. The number of carbonyl (C=O) groups is 1. The Morgan fingerprint density at radius 2 is 1.65 bits per heavy atom. The number of para-hydroxylation sites is 3. The van der Waals surface area contributed by atoms with Gasteiger partial charge in [0.1, 0.15) is 5.75 Å². The highest BCUT2D eigenvalue weighted by Crippen LogP contribution is 2.29. The predicted octanol–water partition coefficient (Wildman–Crippen LogP) is 5.27. The second kappa shape index (κ2) is 10.2. The van der Waals surface area contributed by atoms with Gasteiger partial charge in [0.15, 0.2) is 5.75 Å². The van der Waals surface area contributed by atoms with Crippen molar-refractivity contribution in [3.05, 3.63) is 90.5 Å². The van der Waals surface area contributed by atoms with Crippen molar-refractivity contribution in [3.63, 3.8) is 0 Å². The monoisotopic (exact) mass is 416 g/mol. The van der Waals surface area contributed by atoms with Gasteiger partial charge in [0.2, 0.25) is 5.91 Å². The SMILES string of the molecule is CC1CN(CCC(=O)Nc2ccccc2Oc2ccccc2)CC(c2ccccc2)O1. The van der Waals surface area contributed by atoms with Gasteiger partial charge in [-0.1, -0.05) is 60.7 Å². The molecule has 1 fully saturated rings. The Hall–Kier alpha value is -3.15. The molecule has 1 amide bonds. The Bertz CT molecular complexity index is 978. The van der Waals surface area contributed by atoms with Crippen molar-refractivity contribution in [1.82, 2.24) is 4.90 Å². The summed E-state index contributed by atoms with van der Waals surface area (Å²) in [6, 6.07) is 27.3. The van der Waals surface area contributed by atoms with Crippen molar-refractivity contribution in [1.29, 1.82) is 0 Å². The summed E-state index contributed by atoms with van der Waals surface area (Å²) in [5, 5.41) is 3.00. The van der Waals surface area contributed by atoms with Crippen molar-refractivity contribution >= 4 is 11.6 Å². The third kappa shape index (κ3) is 5.94. The molecule has 1 aliphatic heterocycles. The lowest BCUT2D eigenvalue weighted by Gasteiger charge is -2.37. The van der Waals surface area contributed by atoms with Crippen LogP contribution in [0.3, 0.4) is 0 Å². The van der Waals surface area contributed by atoms with Gasteiger partial charge in [-0.05, 0) is 36.8 Å². The first kappa shape index (κ1) is 21.1. The normalized spacial score (nSPS) is 19.0. The maximum atomic E-state index is 12.7. The number of hydrogen-bond acceptors (Lipinski definition) is 4. The first-order chi connectivity index (χ1) is 15.2. The van der Waals surface area contributed by atoms with E-state index in [4.69, 9.17) is 9.47 Å². The van der Waals surface area contributed by atoms with E-state index in [9.17, 15) is 4.79 Å². The summed E-state index contributed by atoms with van der Waals surface area (Å²) in [5.74, 6) is 1.34. The second-order valence-corrected chi connectivity index (χ2v) is 7.82. The highest BCUT2D eigenvalue weighted by atomic mass is 16.5. The van der Waals surface area contributed by atoms with Crippen LogP contribution >= 0.6 is 0 Å². The predicted molar refractivity (Wildman–Crippen MR) is 122 cm³/mol. The molecule has 4 rings (SSSR count). The van der Waals surface area contributed by atoms with Crippen LogP contribution in [0.4, 0.5) is 5.69 Å². The fourth-order valence-electron chi connectivity index (χ4n) is 3.82. The van der Waals surface area contributed by atoms with Gasteiger partial charge in [-0.25, -0.2) is 0 Å². The maximum Gasteiger partial charge on any atom is 0.225 e. The molecule has 1 N–H and O–H groups in total. The molecule has 0 aliphatic carbocycles. The molecule has 31 heavy (non-hydrogen) atoms. The molecular formula is C26H28N2O3. The molecule has 2 atom stereocenters. The number of morpholine rings is 1. The summed E-state index contributed by atoms with van der Waals surface area (Å²) in [6.45, 7) is 4.38. The molecule has 1 saturated heterocycles. The highest BCUT2D eigenvalue weighted by molar-refractivity contribution is 5.92. The molecule has 3 aromatic rings. The molecule has 5 heteroatoms. The third-order valence-corrected chi connectivity index (χ3v) is 5.29. The van der Waals surface area contributed by atoms with Crippen LogP contribution in [0.15, 0.2) is 84.9 Å². The van der Waals surface area contributed by atoms with Gasteiger partial charge in [-0.2, -0.15) is 0 Å². The van der Waals surface area contributed by atoms with Crippen LogP contribution in [0.2, 0.25) is 0 Å². The molecule has 1 heterocycles. The van der Waals surface area contributed by atoms with E-state index in [2.05, 4.69) is 29.3 Å². The standard InChI is InChI=1S/C26H28N2O3/c1-20-18-28(19-25(30-20)21-10-4-2-5-11-21)17-16-26(29)27-23-14-8-9-15-24(23)31-22-12-6-3-7-13-22/h2-15,20,25H,16-19H2,1H3,(H,27,29). The Morgan fingerprint density at radius 1 is 0.968 bits per heavy atom. The summed E-state index contributed by atoms with van der Waals surface area (Å²) < 4.78 is 12.1. The molecule has 160 valence electrons. The lowest BCUT2D eigenvalue weighted by atomic mass is 10.1. The van der Waals surface area contributed by atoms with Crippen LogP contribution in [-0.4, -0.2) is 36.5 Å². The zero-order chi connectivity index (χ0) is 21.5. The number of amides is 1. The van der Waals surface area contributed by atoms with Gasteiger partial charge < -0.3 is 14.8 Å². The molecular weight excluding hydrogens is 388 g/mol. The van der Waals surface area contributed by atoms with Crippen LogP contribution < -0.4 is 10.1 Å². The van der Waals surface area contributed by atoms with E-state index in [1.54, 1.807) is 0 Å². The van der Waals surface area contributed by atoms with Gasteiger partial charge in [0.05, 0.1) is 17.9 Å². The Morgan fingerprint density at radius 3 is 2.42 bits per heavy atom. The molecule has 0 spiro atoms. The number of anilines is 1. The fourth-order valence-corrected chi connectivity index (χ4v) is 3.82. The van der Waals surface area contributed by atoms with E-state index in [-0.39, 0.29) is 18.1 Å². The van der Waals surface area contributed by atoms with Gasteiger partial charge >= 0.3 is 0 Å². The summed E-state index contributed by atoms with van der Waals surface area (Å²) in [7, 11) is 0. The third-order valence-electron chi connectivity index (χ3n) is 5.29. The van der Waals surface area contributed by atoms with E-state index < -0.39 is 0 Å². The second-order valence-electron chi connectivity index (χ2n) is 7.82. The number of rotatable bonds is 7. The molecule has 0 saturated carbocycles. The van der Waals surface area contributed by atoms with Gasteiger partial charge in [0, 0.05) is 26.1 Å². The first-order valence-corrected chi connectivity index (χ1v) is 10.7. The van der Waals surface area contributed by atoms with Crippen LogP contribution in [-0.2, 0) is 9.53 Å². The van der Waals surface area contributed by atoms with E-state index in [1.807, 2.05) is 72.8 Å². The van der Waals surface area contributed by atoms with Crippen molar-refractivity contribution in [3.8, 4) is 11.5 Å². The topological polar surface area (TPSA) is 50.8 Å². The van der Waals surface area contributed by atoms with Crippen LogP contribution in [0.5, 0.6) is 11.5 Å². The maximum absolute atomic E-state index is 12.7.